The predicted octanol–water partition coefficient (Wildman–Crippen LogP) is 1.69. The Labute approximate surface area is 117 Å². The van der Waals surface area contributed by atoms with Gasteiger partial charge in [-0.25, -0.2) is 8.42 Å². The zero-order valence-electron chi connectivity index (χ0n) is 11.2. The fourth-order valence-electron chi connectivity index (χ4n) is 1.76. The second-order valence-electron chi connectivity index (χ2n) is 4.24. The third-order valence-electron chi connectivity index (χ3n) is 2.87. The lowest BCUT2D eigenvalue weighted by Crippen LogP contribution is -2.26. The third kappa shape index (κ3) is 2.78. The largest absolute Gasteiger partial charge is 0.495 e. The normalized spacial score (nSPS) is 11.8. The first kappa shape index (κ1) is 14.4. The summed E-state index contributed by atoms with van der Waals surface area (Å²) in [5, 5.41) is 0. The monoisotopic (exact) mass is 296 g/mol. The van der Waals surface area contributed by atoms with Crippen LogP contribution in [0.5, 0.6) is 5.75 Å². The van der Waals surface area contributed by atoms with Crippen molar-refractivity contribution in [3.8, 4) is 5.75 Å². The number of furan rings is 1. The molecule has 1 aromatic carbocycles. The molecule has 0 amide bonds. The number of rotatable bonds is 5. The first-order valence-corrected chi connectivity index (χ1v) is 7.31. The van der Waals surface area contributed by atoms with Crippen molar-refractivity contribution >= 4 is 15.7 Å². The highest BCUT2D eigenvalue weighted by atomic mass is 32.2. The molecule has 0 unspecified atom stereocenters. The number of ether oxygens (including phenoxy) is 1. The van der Waals surface area contributed by atoms with Crippen molar-refractivity contribution in [3.05, 3.63) is 42.4 Å². The highest BCUT2D eigenvalue weighted by Gasteiger charge is 2.22. The number of anilines is 1. The summed E-state index contributed by atoms with van der Waals surface area (Å²) in [5.41, 5.74) is 6.02. The van der Waals surface area contributed by atoms with Gasteiger partial charge in [-0.3, -0.25) is 0 Å². The van der Waals surface area contributed by atoms with Crippen LogP contribution >= 0.6 is 0 Å². The second kappa shape index (κ2) is 5.56. The minimum absolute atomic E-state index is 0.116. The van der Waals surface area contributed by atoms with E-state index in [9.17, 15) is 8.42 Å². The molecule has 1 heterocycles. The van der Waals surface area contributed by atoms with Crippen LogP contribution in [0.2, 0.25) is 0 Å². The maximum atomic E-state index is 12.4. The summed E-state index contributed by atoms with van der Waals surface area (Å²) in [6.45, 7) is 0.154. The summed E-state index contributed by atoms with van der Waals surface area (Å²) >= 11 is 0. The first-order chi connectivity index (χ1) is 9.45. The number of methoxy groups -OCH3 is 1. The van der Waals surface area contributed by atoms with Gasteiger partial charge < -0.3 is 14.9 Å². The molecule has 2 aromatic rings. The molecule has 6 nitrogen and oxygen atoms in total. The zero-order valence-corrected chi connectivity index (χ0v) is 12.1. The van der Waals surface area contributed by atoms with E-state index in [4.69, 9.17) is 14.9 Å². The SMILES string of the molecule is COc1ccc(S(=O)(=O)N(C)Cc2ccco2)cc1N. The van der Waals surface area contributed by atoms with Gasteiger partial charge in [0.25, 0.3) is 0 Å². The third-order valence-corrected chi connectivity index (χ3v) is 4.67. The van der Waals surface area contributed by atoms with E-state index >= 15 is 0 Å². The molecule has 0 spiro atoms. The number of hydrogen-bond acceptors (Lipinski definition) is 5. The fraction of sp³-hybridized carbons (Fsp3) is 0.231. The van der Waals surface area contributed by atoms with E-state index in [1.807, 2.05) is 0 Å². The lowest BCUT2D eigenvalue weighted by molar-refractivity contribution is 0.405. The lowest BCUT2D eigenvalue weighted by atomic mass is 10.3. The number of nitrogens with zero attached hydrogens (tertiary/aromatic N) is 1. The molecule has 0 aliphatic rings. The molecule has 0 bridgehead atoms. The molecule has 1 aromatic heterocycles. The van der Waals surface area contributed by atoms with Crippen LogP contribution in [0, 0.1) is 0 Å². The van der Waals surface area contributed by atoms with Crippen LogP contribution in [0.1, 0.15) is 5.76 Å². The van der Waals surface area contributed by atoms with E-state index in [2.05, 4.69) is 0 Å². The Morgan fingerprint density at radius 1 is 1.35 bits per heavy atom. The Hall–Kier alpha value is -1.99. The average molecular weight is 296 g/mol. The van der Waals surface area contributed by atoms with Gasteiger partial charge in [0.05, 0.1) is 30.5 Å². The van der Waals surface area contributed by atoms with Gasteiger partial charge in [0.2, 0.25) is 10.0 Å². The van der Waals surface area contributed by atoms with Gasteiger partial charge in [0.15, 0.2) is 0 Å². The number of hydrogen-bond donors (Lipinski definition) is 1. The fourth-order valence-corrected chi connectivity index (χ4v) is 2.93. The summed E-state index contributed by atoms with van der Waals surface area (Å²) in [5.74, 6) is 1.01. The molecule has 2 rings (SSSR count). The summed E-state index contributed by atoms with van der Waals surface area (Å²) in [7, 11) is -0.665. The maximum Gasteiger partial charge on any atom is 0.243 e. The van der Waals surface area contributed by atoms with E-state index in [0.29, 0.717) is 11.5 Å². The number of benzene rings is 1. The molecule has 20 heavy (non-hydrogen) atoms. The minimum Gasteiger partial charge on any atom is -0.495 e. The van der Waals surface area contributed by atoms with Crippen LogP contribution in [0.4, 0.5) is 5.69 Å². The zero-order chi connectivity index (χ0) is 14.8. The molecule has 0 fully saturated rings. The van der Waals surface area contributed by atoms with E-state index < -0.39 is 10.0 Å². The van der Waals surface area contributed by atoms with Gasteiger partial charge in [0.1, 0.15) is 11.5 Å². The van der Waals surface area contributed by atoms with E-state index in [1.54, 1.807) is 12.1 Å². The van der Waals surface area contributed by atoms with Crippen LogP contribution < -0.4 is 10.5 Å². The predicted molar refractivity (Wildman–Crippen MR) is 74.8 cm³/mol. The average Bonchev–Trinajstić information content (AvgIpc) is 2.91. The second-order valence-corrected chi connectivity index (χ2v) is 6.29. The van der Waals surface area contributed by atoms with Crippen molar-refractivity contribution in [2.24, 2.45) is 0 Å². The van der Waals surface area contributed by atoms with Crippen molar-refractivity contribution in [3.63, 3.8) is 0 Å². The first-order valence-electron chi connectivity index (χ1n) is 5.87. The topological polar surface area (TPSA) is 85.8 Å². The van der Waals surface area contributed by atoms with E-state index in [0.717, 1.165) is 0 Å². The summed E-state index contributed by atoms with van der Waals surface area (Å²) in [4.78, 5) is 0.116. The highest BCUT2D eigenvalue weighted by molar-refractivity contribution is 7.89. The van der Waals surface area contributed by atoms with Crippen molar-refractivity contribution in [1.29, 1.82) is 0 Å². The van der Waals surface area contributed by atoms with Gasteiger partial charge in [-0.05, 0) is 30.3 Å². The van der Waals surface area contributed by atoms with E-state index in [-0.39, 0.29) is 17.1 Å². The molecule has 0 aliphatic heterocycles. The molecule has 108 valence electrons. The number of sulfonamides is 1. The van der Waals surface area contributed by atoms with Crippen LogP contribution in [-0.2, 0) is 16.6 Å². The van der Waals surface area contributed by atoms with Gasteiger partial charge in [-0.2, -0.15) is 4.31 Å². The van der Waals surface area contributed by atoms with Gasteiger partial charge in [-0.1, -0.05) is 0 Å². The number of nitrogens with two attached hydrogens (primary N) is 1. The molecular weight excluding hydrogens is 280 g/mol. The number of nitrogen functional groups attached to an aromatic ring is 1. The molecule has 0 radical (unpaired) electrons. The molecule has 0 saturated heterocycles. The Morgan fingerprint density at radius 2 is 2.10 bits per heavy atom. The minimum atomic E-state index is -3.62. The van der Waals surface area contributed by atoms with Crippen LogP contribution in [0.15, 0.2) is 45.9 Å². The van der Waals surface area contributed by atoms with Crippen LogP contribution in [0.25, 0.3) is 0 Å². The summed E-state index contributed by atoms with van der Waals surface area (Å²) < 4.78 is 36.2. The van der Waals surface area contributed by atoms with Crippen molar-refractivity contribution in [2.45, 2.75) is 11.4 Å². The molecule has 7 heteroatoms. The molecule has 2 N–H and O–H groups in total. The van der Waals surface area contributed by atoms with E-state index in [1.165, 1.54) is 42.9 Å². The quantitative estimate of drug-likeness (QED) is 0.849. The van der Waals surface area contributed by atoms with Crippen molar-refractivity contribution < 1.29 is 17.6 Å². The molecule has 0 atom stereocenters. The van der Waals surface area contributed by atoms with Crippen molar-refractivity contribution in [1.82, 2.24) is 4.31 Å². The standard InChI is InChI=1S/C13H16N2O4S/c1-15(9-10-4-3-7-19-10)20(16,17)11-5-6-13(18-2)12(14)8-11/h3-8H,9,14H2,1-2H3. The van der Waals surface area contributed by atoms with Gasteiger partial charge in [-0.15, -0.1) is 0 Å². The Bertz CT molecular complexity index is 680. The van der Waals surface area contributed by atoms with Crippen molar-refractivity contribution in [2.75, 3.05) is 19.9 Å². The molecule has 0 aliphatic carbocycles. The van der Waals surface area contributed by atoms with Gasteiger partial charge in [0, 0.05) is 7.05 Å². The summed E-state index contributed by atoms with van der Waals surface area (Å²) in [6, 6.07) is 7.80. The van der Waals surface area contributed by atoms with Gasteiger partial charge >= 0.3 is 0 Å². The van der Waals surface area contributed by atoms with Crippen LogP contribution in [0.3, 0.4) is 0 Å². The maximum absolute atomic E-state index is 12.4. The molecule has 0 saturated carbocycles. The Morgan fingerprint density at radius 3 is 2.65 bits per heavy atom. The smallest absolute Gasteiger partial charge is 0.243 e. The van der Waals surface area contributed by atoms with Crippen LogP contribution in [-0.4, -0.2) is 26.9 Å². The Kier molecular flexibility index (Phi) is 4.01. The molecular formula is C13H16N2O4S. The highest BCUT2D eigenvalue weighted by Crippen LogP contribution is 2.26. The lowest BCUT2D eigenvalue weighted by Gasteiger charge is -2.16. The Balaban J connectivity index is 2.27. The summed E-state index contributed by atoms with van der Waals surface area (Å²) in [6.07, 6.45) is 1.50.